The zero-order valence-electron chi connectivity index (χ0n) is 13.0. The van der Waals surface area contributed by atoms with Crippen molar-refractivity contribution < 1.29 is 13.9 Å². The van der Waals surface area contributed by atoms with Gasteiger partial charge in [-0.15, -0.1) is 11.3 Å². The van der Waals surface area contributed by atoms with Crippen molar-refractivity contribution in [3.05, 3.63) is 40.2 Å². The fourth-order valence-corrected chi connectivity index (χ4v) is 3.36. The van der Waals surface area contributed by atoms with Crippen molar-refractivity contribution in [2.45, 2.75) is 19.4 Å². The van der Waals surface area contributed by atoms with Crippen LogP contribution in [0, 0.1) is 6.92 Å². The van der Waals surface area contributed by atoms with E-state index in [4.69, 9.17) is 4.74 Å². The van der Waals surface area contributed by atoms with Crippen molar-refractivity contribution in [2.24, 2.45) is 0 Å². The molecular formula is C17H19FN2O2S. The van der Waals surface area contributed by atoms with Crippen LogP contribution >= 0.6 is 11.3 Å². The Hall–Kier alpha value is -1.79. The highest BCUT2D eigenvalue weighted by Crippen LogP contribution is 2.23. The zero-order valence-corrected chi connectivity index (χ0v) is 13.8. The Morgan fingerprint density at radius 1 is 1.52 bits per heavy atom. The molecule has 1 aliphatic rings. The molecule has 4 nitrogen and oxygen atoms in total. The van der Waals surface area contributed by atoms with Gasteiger partial charge in [0.2, 0.25) is 0 Å². The van der Waals surface area contributed by atoms with Gasteiger partial charge in [0.05, 0.1) is 16.3 Å². The topological polar surface area (TPSA) is 42.4 Å². The van der Waals surface area contributed by atoms with Crippen molar-refractivity contribution in [1.82, 2.24) is 9.88 Å². The Bertz CT molecular complexity index is 689. The number of thiazole rings is 1. The molecule has 0 aliphatic carbocycles. The van der Waals surface area contributed by atoms with E-state index in [1.807, 2.05) is 35.4 Å². The molecule has 0 N–H and O–H groups in total. The number of halogens is 1. The summed E-state index contributed by atoms with van der Waals surface area (Å²) in [5.74, 6) is -0.328. The minimum Gasteiger partial charge on any atom is -0.457 e. The van der Waals surface area contributed by atoms with Gasteiger partial charge in [0.15, 0.2) is 0 Å². The second-order valence-electron chi connectivity index (χ2n) is 5.64. The van der Waals surface area contributed by atoms with E-state index in [0.717, 1.165) is 29.2 Å². The van der Waals surface area contributed by atoms with Crippen molar-refractivity contribution in [3.8, 4) is 11.3 Å². The zero-order chi connectivity index (χ0) is 16.2. The van der Waals surface area contributed by atoms with E-state index in [1.165, 1.54) is 0 Å². The van der Waals surface area contributed by atoms with Crippen LogP contribution in [-0.2, 0) is 4.74 Å². The lowest BCUT2D eigenvalue weighted by Gasteiger charge is -2.14. The summed E-state index contributed by atoms with van der Waals surface area (Å²) in [4.78, 5) is 18.7. The molecule has 0 amide bonds. The first-order valence-corrected chi connectivity index (χ1v) is 8.55. The van der Waals surface area contributed by atoms with Crippen molar-refractivity contribution in [1.29, 1.82) is 0 Å². The van der Waals surface area contributed by atoms with Gasteiger partial charge in [0.25, 0.3) is 0 Å². The summed E-state index contributed by atoms with van der Waals surface area (Å²) in [7, 11) is 0. The largest absolute Gasteiger partial charge is 0.457 e. The summed E-state index contributed by atoms with van der Waals surface area (Å²) in [5, 5.41) is 2.97. The number of likely N-dealkylation sites (tertiary alicyclic amines) is 1. The molecule has 0 spiro atoms. The van der Waals surface area contributed by atoms with E-state index in [1.54, 1.807) is 17.4 Å². The predicted molar refractivity (Wildman–Crippen MR) is 88.5 cm³/mol. The first-order chi connectivity index (χ1) is 11.2. The van der Waals surface area contributed by atoms with Crippen LogP contribution < -0.4 is 0 Å². The Morgan fingerprint density at radius 2 is 2.39 bits per heavy atom. The Morgan fingerprint density at radius 3 is 3.13 bits per heavy atom. The minimum atomic E-state index is -0.365. The summed E-state index contributed by atoms with van der Waals surface area (Å²) in [6, 6.07) is 7.33. The summed E-state index contributed by atoms with van der Waals surface area (Å²) in [6.45, 7) is 3.39. The Balaban J connectivity index is 1.66. The molecule has 1 atom stereocenters. The van der Waals surface area contributed by atoms with Gasteiger partial charge in [-0.2, -0.15) is 0 Å². The third kappa shape index (κ3) is 3.95. The molecule has 1 aromatic carbocycles. The van der Waals surface area contributed by atoms with Crippen LogP contribution in [0.1, 0.15) is 21.8 Å². The molecule has 1 aliphatic heterocycles. The van der Waals surface area contributed by atoms with E-state index in [2.05, 4.69) is 4.98 Å². The normalized spacial score (nSPS) is 18.3. The molecule has 2 aromatic rings. The van der Waals surface area contributed by atoms with Crippen molar-refractivity contribution >= 4 is 17.3 Å². The monoisotopic (exact) mass is 334 g/mol. The molecule has 6 heteroatoms. The van der Waals surface area contributed by atoms with Crippen molar-refractivity contribution in [2.75, 3.05) is 26.3 Å². The van der Waals surface area contributed by atoms with Crippen molar-refractivity contribution in [3.63, 3.8) is 0 Å². The lowest BCUT2D eigenvalue weighted by atomic mass is 10.1. The number of ether oxygens (including phenoxy) is 1. The smallest absolute Gasteiger partial charge is 0.338 e. The molecule has 23 heavy (non-hydrogen) atoms. The first kappa shape index (κ1) is 16.1. The highest BCUT2D eigenvalue weighted by Gasteiger charge is 2.25. The molecular weight excluding hydrogens is 315 g/mol. The van der Waals surface area contributed by atoms with Gasteiger partial charge in [0.1, 0.15) is 12.8 Å². The van der Waals surface area contributed by atoms with E-state index in [0.29, 0.717) is 18.7 Å². The van der Waals surface area contributed by atoms with Gasteiger partial charge in [-0.3, -0.25) is 4.90 Å². The molecule has 1 fully saturated rings. The van der Waals surface area contributed by atoms with Gasteiger partial charge < -0.3 is 4.74 Å². The number of nitrogens with zero attached hydrogens (tertiary/aromatic N) is 2. The third-order valence-electron chi connectivity index (χ3n) is 3.92. The number of alkyl halides is 1. The Kier molecular flexibility index (Phi) is 5.03. The summed E-state index contributed by atoms with van der Waals surface area (Å²) in [6.07, 6.45) is 0.607. The van der Waals surface area contributed by atoms with Gasteiger partial charge in [-0.05, 0) is 25.5 Å². The number of benzene rings is 1. The summed E-state index contributed by atoms with van der Waals surface area (Å²) in [5.41, 5.74) is 2.31. The molecule has 1 aromatic heterocycles. The highest BCUT2D eigenvalue weighted by molar-refractivity contribution is 7.09. The average Bonchev–Trinajstić information content (AvgIpc) is 3.17. The lowest BCUT2D eigenvalue weighted by Crippen LogP contribution is -2.26. The van der Waals surface area contributed by atoms with Crippen LogP contribution in [0.3, 0.4) is 0 Å². The number of esters is 1. The molecule has 0 saturated carbocycles. The second-order valence-corrected chi connectivity index (χ2v) is 6.70. The van der Waals surface area contributed by atoms with E-state index in [-0.39, 0.29) is 18.7 Å². The van der Waals surface area contributed by atoms with Crippen LogP contribution in [0.4, 0.5) is 4.39 Å². The van der Waals surface area contributed by atoms with Crippen LogP contribution in [0.15, 0.2) is 29.6 Å². The minimum absolute atomic E-state index is 0.153. The number of carbonyl (C=O) groups excluding carboxylic acids is 1. The molecule has 0 unspecified atom stereocenters. The van der Waals surface area contributed by atoms with E-state index in [9.17, 15) is 9.18 Å². The maximum atomic E-state index is 12.4. The Labute approximate surface area is 138 Å². The molecule has 2 heterocycles. The lowest BCUT2D eigenvalue weighted by molar-refractivity contribution is 0.0321. The number of rotatable bonds is 5. The number of aryl methyl sites for hydroxylation is 1. The van der Waals surface area contributed by atoms with Gasteiger partial charge in [0, 0.05) is 30.6 Å². The van der Waals surface area contributed by atoms with Crippen LogP contribution in [0.2, 0.25) is 0 Å². The molecule has 1 saturated heterocycles. The molecule has 0 bridgehead atoms. The first-order valence-electron chi connectivity index (χ1n) is 7.67. The summed E-state index contributed by atoms with van der Waals surface area (Å²) < 4.78 is 17.9. The fourth-order valence-electron chi connectivity index (χ4n) is 2.74. The van der Waals surface area contributed by atoms with Crippen LogP contribution in [0.5, 0.6) is 0 Å². The maximum absolute atomic E-state index is 12.4. The number of hydrogen-bond donors (Lipinski definition) is 0. The predicted octanol–water partition coefficient (Wildman–Crippen LogP) is 3.32. The van der Waals surface area contributed by atoms with E-state index >= 15 is 0 Å². The second kappa shape index (κ2) is 7.19. The molecule has 3 rings (SSSR count). The number of hydrogen-bond acceptors (Lipinski definition) is 5. The molecule has 0 radical (unpaired) electrons. The number of carbonyl (C=O) groups is 1. The summed E-state index contributed by atoms with van der Waals surface area (Å²) >= 11 is 1.58. The quantitative estimate of drug-likeness (QED) is 0.787. The number of aromatic nitrogens is 1. The van der Waals surface area contributed by atoms with Crippen LogP contribution in [0.25, 0.3) is 11.3 Å². The van der Waals surface area contributed by atoms with Crippen LogP contribution in [-0.4, -0.2) is 48.3 Å². The van der Waals surface area contributed by atoms with Gasteiger partial charge in [-0.1, -0.05) is 12.1 Å². The average molecular weight is 334 g/mol. The SMILES string of the molecule is Cc1nc(-c2cccc(C(=O)O[C@@H]3CCN(CCF)C3)c2)cs1. The van der Waals surface area contributed by atoms with Gasteiger partial charge >= 0.3 is 5.97 Å². The van der Waals surface area contributed by atoms with Gasteiger partial charge in [-0.25, -0.2) is 14.2 Å². The third-order valence-corrected chi connectivity index (χ3v) is 4.69. The molecule has 122 valence electrons. The van der Waals surface area contributed by atoms with E-state index < -0.39 is 0 Å². The fraction of sp³-hybridized carbons (Fsp3) is 0.412. The standard InChI is InChI=1S/C17H19FN2O2S/c1-12-19-16(11-23-12)13-3-2-4-14(9-13)17(21)22-15-5-7-20(10-15)8-6-18/h2-4,9,11,15H,5-8,10H2,1H3/t15-/m1/s1. The highest BCUT2D eigenvalue weighted by atomic mass is 32.1. The maximum Gasteiger partial charge on any atom is 0.338 e.